The summed E-state index contributed by atoms with van der Waals surface area (Å²) in [7, 11) is 0. The van der Waals surface area contributed by atoms with Gasteiger partial charge in [0.1, 0.15) is 0 Å². The molecule has 0 aromatic heterocycles. The zero-order chi connectivity index (χ0) is 7.84. The molecule has 64 valence electrons. The second kappa shape index (κ2) is 2.78. The zero-order valence-corrected chi connectivity index (χ0v) is 7.71. The Morgan fingerprint density at radius 1 is 1.09 bits per heavy atom. The molecular formula is C10H19N. The highest BCUT2D eigenvalue weighted by atomic mass is 15.2. The highest BCUT2D eigenvalue weighted by molar-refractivity contribution is 4.89. The van der Waals surface area contributed by atoms with E-state index in [-0.39, 0.29) is 0 Å². The van der Waals surface area contributed by atoms with Crippen LogP contribution in [0.4, 0.5) is 0 Å². The number of hydrogen-bond acceptors (Lipinski definition) is 1. The van der Waals surface area contributed by atoms with Crippen LogP contribution in [0.5, 0.6) is 0 Å². The van der Waals surface area contributed by atoms with Crippen LogP contribution in [-0.2, 0) is 0 Å². The Morgan fingerprint density at radius 3 is 2.73 bits per heavy atom. The molecule has 1 heteroatoms. The molecule has 0 bridgehead atoms. The molecule has 0 radical (unpaired) electrons. The Balaban J connectivity index is 2.00. The van der Waals surface area contributed by atoms with E-state index in [9.17, 15) is 0 Å². The second-order valence-corrected chi connectivity index (χ2v) is 4.45. The molecular weight excluding hydrogens is 134 g/mol. The third-order valence-corrected chi connectivity index (χ3v) is 3.51. The lowest BCUT2D eigenvalue weighted by molar-refractivity contribution is 0.128. The van der Waals surface area contributed by atoms with E-state index in [1.165, 1.54) is 32.2 Å². The molecule has 0 aromatic rings. The van der Waals surface area contributed by atoms with Crippen molar-refractivity contribution in [1.29, 1.82) is 0 Å². The molecule has 0 amide bonds. The van der Waals surface area contributed by atoms with Gasteiger partial charge in [-0.25, -0.2) is 0 Å². The number of piperidine rings is 1. The summed E-state index contributed by atoms with van der Waals surface area (Å²) in [6.45, 7) is 6.16. The molecule has 1 nitrogen and oxygen atoms in total. The van der Waals surface area contributed by atoms with Gasteiger partial charge in [0.2, 0.25) is 0 Å². The Kier molecular flexibility index (Phi) is 1.92. The number of hydrogen-bond donors (Lipinski definition) is 0. The monoisotopic (exact) mass is 153 g/mol. The van der Waals surface area contributed by atoms with Crippen molar-refractivity contribution in [2.45, 2.75) is 51.6 Å². The highest BCUT2D eigenvalue weighted by Gasteiger charge is 2.34. The molecule has 2 aliphatic rings. The van der Waals surface area contributed by atoms with E-state index in [4.69, 9.17) is 0 Å². The van der Waals surface area contributed by atoms with Crippen molar-refractivity contribution in [2.24, 2.45) is 5.92 Å². The van der Waals surface area contributed by atoms with Crippen molar-refractivity contribution in [3.63, 3.8) is 0 Å². The Labute approximate surface area is 69.8 Å². The molecule has 2 heterocycles. The molecule has 2 saturated heterocycles. The molecule has 0 saturated carbocycles. The van der Waals surface area contributed by atoms with Crippen LogP contribution < -0.4 is 0 Å². The standard InChI is InChI=1S/C10H19N/c1-8-5-6-11-9(2)3-4-10(11)7-8/h8-10H,3-7H2,1-2H3/t8-,9+,10-/m1/s1. The average Bonchev–Trinajstić information content (AvgIpc) is 2.32. The summed E-state index contributed by atoms with van der Waals surface area (Å²) in [5.74, 6) is 0.988. The van der Waals surface area contributed by atoms with E-state index in [0.717, 1.165) is 18.0 Å². The maximum atomic E-state index is 2.72. The fourth-order valence-corrected chi connectivity index (χ4v) is 2.73. The van der Waals surface area contributed by atoms with E-state index >= 15 is 0 Å². The van der Waals surface area contributed by atoms with Crippen LogP contribution in [0.25, 0.3) is 0 Å². The fraction of sp³-hybridized carbons (Fsp3) is 1.00. The highest BCUT2D eigenvalue weighted by Crippen LogP contribution is 2.33. The summed E-state index contributed by atoms with van der Waals surface area (Å²) < 4.78 is 0. The first kappa shape index (κ1) is 7.60. The Bertz CT molecular complexity index is 144. The molecule has 0 spiro atoms. The van der Waals surface area contributed by atoms with Gasteiger partial charge >= 0.3 is 0 Å². The lowest BCUT2D eigenvalue weighted by Gasteiger charge is -2.35. The van der Waals surface area contributed by atoms with Gasteiger partial charge in [-0.2, -0.15) is 0 Å². The van der Waals surface area contributed by atoms with Gasteiger partial charge < -0.3 is 0 Å². The summed E-state index contributed by atoms with van der Waals surface area (Å²) in [6.07, 6.45) is 5.80. The molecule has 0 aliphatic carbocycles. The number of nitrogens with zero attached hydrogens (tertiary/aromatic N) is 1. The minimum Gasteiger partial charge on any atom is -0.298 e. The minimum atomic E-state index is 0.882. The van der Waals surface area contributed by atoms with Gasteiger partial charge in [-0.15, -0.1) is 0 Å². The van der Waals surface area contributed by atoms with Crippen molar-refractivity contribution in [2.75, 3.05) is 6.54 Å². The molecule has 0 N–H and O–H groups in total. The van der Waals surface area contributed by atoms with Gasteiger partial charge in [-0.1, -0.05) is 6.92 Å². The van der Waals surface area contributed by atoms with Crippen LogP contribution in [0.3, 0.4) is 0 Å². The first-order valence-corrected chi connectivity index (χ1v) is 5.03. The topological polar surface area (TPSA) is 3.24 Å². The molecule has 0 unspecified atom stereocenters. The van der Waals surface area contributed by atoms with Gasteiger partial charge in [0.25, 0.3) is 0 Å². The minimum absolute atomic E-state index is 0.882. The number of rotatable bonds is 0. The third-order valence-electron chi connectivity index (χ3n) is 3.51. The molecule has 0 aromatic carbocycles. The molecule has 2 fully saturated rings. The van der Waals surface area contributed by atoms with Crippen LogP contribution in [-0.4, -0.2) is 23.5 Å². The zero-order valence-electron chi connectivity index (χ0n) is 7.71. The lowest BCUT2D eigenvalue weighted by atomic mass is 9.93. The predicted octanol–water partition coefficient (Wildman–Crippen LogP) is 2.27. The number of fused-ring (bicyclic) bond motifs is 1. The summed E-state index contributed by atoms with van der Waals surface area (Å²) in [5, 5.41) is 0. The van der Waals surface area contributed by atoms with E-state index in [1.54, 1.807) is 0 Å². The van der Waals surface area contributed by atoms with Crippen molar-refractivity contribution in [3.05, 3.63) is 0 Å². The smallest absolute Gasteiger partial charge is 0.0101 e. The van der Waals surface area contributed by atoms with Gasteiger partial charge in [0, 0.05) is 12.1 Å². The summed E-state index contributed by atoms with van der Waals surface area (Å²) in [4.78, 5) is 2.72. The summed E-state index contributed by atoms with van der Waals surface area (Å²) in [6, 6.07) is 1.83. The van der Waals surface area contributed by atoms with Gasteiger partial charge in [-0.3, -0.25) is 4.90 Å². The van der Waals surface area contributed by atoms with E-state index in [2.05, 4.69) is 18.7 Å². The van der Waals surface area contributed by atoms with Crippen LogP contribution in [0, 0.1) is 5.92 Å². The quantitative estimate of drug-likeness (QED) is 0.516. The second-order valence-electron chi connectivity index (χ2n) is 4.45. The van der Waals surface area contributed by atoms with Gasteiger partial charge in [-0.05, 0) is 45.1 Å². The summed E-state index contributed by atoms with van der Waals surface area (Å²) >= 11 is 0. The van der Waals surface area contributed by atoms with Crippen LogP contribution in [0.15, 0.2) is 0 Å². The first-order chi connectivity index (χ1) is 5.27. The summed E-state index contributed by atoms with van der Waals surface area (Å²) in [5.41, 5.74) is 0. The average molecular weight is 153 g/mol. The molecule has 3 atom stereocenters. The maximum Gasteiger partial charge on any atom is 0.0101 e. The van der Waals surface area contributed by atoms with Crippen molar-refractivity contribution < 1.29 is 0 Å². The van der Waals surface area contributed by atoms with Crippen molar-refractivity contribution >= 4 is 0 Å². The van der Waals surface area contributed by atoms with Crippen LogP contribution in [0.1, 0.15) is 39.5 Å². The van der Waals surface area contributed by atoms with E-state index in [0.29, 0.717) is 0 Å². The fourth-order valence-electron chi connectivity index (χ4n) is 2.73. The first-order valence-electron chi connectivity index (χ1n) is 5.03. The van der Waals surface area contributed by atoms with E-state index in [1.807, 2.05) is 0 Å². The Morgan fingerprint density at radius 2 is 1.91 bits per heavy atom. The van der Waals surface area contributed by atoms with Gasteiger partial charge in [0.15, 0.2) is 0 Å². The van der Waals surface area contributed by atoms with Gasteiger partial charge in [0.05, 0.1) is 0 Å². The van der Waals surface area contributed by atoms with E-state index < -0.39 is 0 Å². The van der Waals surface area contributed by atoms with Crippen LogP contribution >= 0.6 is 0 Å². The molecule has 2 aliphatic heterocycles. The maximum absolute atomic E-state index is 2.72. The molecule has 2 rings (SSSR count). The SMILES string of the molecule is C[C@@H]1CCN2[C@H](CC[C@@H]2C)C1. The van der Waals surface area contributed by atoms with Crippen molar-refractivity contribution in [1.82, 2.24) is 4.90 Å². The third kappa shape index (κ3) is 1.31. The lowest BCUT2D eigenvalue weighted by Crippen LogP contribution is -2.40. The van der Waals surface area contributed by atoms with Crippen molar-refractivity contribution in [3.8, 4) is 0 Å². The molecule has 11 heavy (non-hydrogen) atoms. The Hall–Kier alpha value is -0.0400. The predicted molar refractivity (Wildman–Crippen MR) is 47.6 cm³/mol. The normalized spacial score (nSPS) is 45.8. The largest absolute Gasteiger partial charge is 0.298 e. The van der Waals surface area contributed by atoms with Crippen LogP contribution in [0.2, 0.25) is 0 Å².